The number of rotatable bonds is 2. The summed E-state index contributed by atoms with van der Waals surface area (Å²) in [5.41, 5.74) is 1.96. The van der Waals surface area contributed by atoms with Gasteiger partial charge in [-0.1, -0.05) is 12.1 Å². The Morgan fingerprint density at radius 3 is 2.85 bits per heavy atom. The van der Waals surface area contributed by atoms with Crippen LogP contribution in [0.1, 0.15) is 33.4 Å². The third-order valence-corrected chi connectivity index (χ3v) is 5.01. The average Bonchev–Trinajstić information content (AvgIpc) is 3.25. The molecule has 0 radical (unpaired) electrons. The Hall–Kier alpha value is -3.27. The number of hydrogen-bond acceptors (Lipinski definition) is 6. The molecule has 9 nitrogen and oxygen atoms in total. The number of hydrogen-bond donors (Lipinski definition) is 4. The van der Waals surface area contributed by atoms with Crippen LogP contribution in [0.2, 0.25) is 0 Å². The molecule has 0 bridgehead atoms. The Kier molecular flexibility index (Phi) is 4.94. The van der Waals surface area contributed by atoms with Crippen molar-refractivity contribution < 1.29 is 19.5 Å². The molecule has 1 aromatic carbocycles. The summed E-state index contributed by atoms with van der Waals surface area (Å²) in [5, 5.41) is 19.8. The maximum absolute atomic E-state index is 12.1. The van der Waals surface area contributed by atoms with Gasteiger partial charge in [-0.2, -0.15) is 5.10 Å². The summed E-state index contributed by atoms with van der Waals surface area (Å²) in [6, 6.07) is 7.82. The van der Waals surface area contributed by atoms with Crippen molar-refractivity contribution in [3.05, 3.63) is 40.5 Å². The van der Waals surface area contributed by atoms with E-state index < -0.39 is 0 Å². The number of nitrogens with one attached hydrogen (secondary N) is 3. The zero-order valence-electron chi connectivity index (χ0n) is 13.6. The van der Waals surface area contributed by atoms with Gasteiger partial charge in [-0.05, 0) is 12.1 Å². The van der Waals surface area contributed by atoms with Crippen molar-refractivity contribution in [3.8, 4) is 0 Å². The van der Waals surface area contributed by atoms with Crippen LogP contribution in [0.5, 0.6) is 0 Å². The summed E-state index contributed by atoms with van der Waals surface area (Å²) in [5.74, 6) is -0.260. The Bertz CT molecular complexity index is 947. The number of anilines is 1. The Labute approximate surface area is 151 Å². The number of amides is 2. The fraction of sp³-hybridized carbons (Fsp3) is 0.188. The van der Waals surface area contributed by atoms with Crippen molar-refractivity contribution in [3.63, 3.8) is 0 Å². The summed E-state index contributed by atoms with van der Waals surface area (Å²) in [6.07, 6.45) is 0.246. The van der Waals surface area contributed by atoms with Crippen LogP contribution < -0.4 is 10.6 Å². The minimum Gasteiger partial charge on any atom is -0.483 e. The van der Waals surface area contributed by atoms with Gasteiger partial charge in [0.2, 0.25) is 5.91 Å². The van der Waals surface area contributed by atoms with Crippen LogP contribution in [0.25, 0.3) is 10.2 Å². The summed E-state index contributed by atoms with van der Waals surface area (Å²) in [7, 11) is 1.56. The first kappa shape index (κ1) is 17.5. The predicted molar refractivity (Wildman–Crippen MR) is 95.4 cm³/mol. The van der Waals surface area contributed by atoms with Gasteiger partial charge in [0, 0.05) is 19.0 Å². The highest BCUT2D eigenvalue weighted by molar-refractivity contribution is 7.18. The maximum Gasteiger partial charge on any atom is 0.290 e. The fourth-order valence-corrected chi connectivity index (χ4v) is 3.88. The zero-order chi connectivity index (χ0) is 18.7. The van der Waals surface area contributed by atoms with Crippen LogP contribution >= 0.6 is 11.3 Å². The van der Waals surface area contributed by atoms with Gasteiger partial charge in [0.05, 0.1) is 16.1 Å². The molecule has 1 aliphatic rings. The highest BCUT2D eigenvalue weighted by Crippen LogP contribution is 2.40. The van der Waals surface area contributed by atoms with Gasteiger partial charge < -0.3 is 15.7 Å². The van der Waals surface area contributed by atoms with E-state index in [0.717, 1.165) is 15.2 Å². The number of thiazole rings is 1. The van der Waals surface area contributed by atoms with Gasteiger partial charge in [-0.25, -0.2) is 4.98 Å². The molecule has 1 unspecified atom stereocenters. The molecule has 0 fully saturated rings. The molecule has 26 heavy (non-hydrogen) atoms. The molecule has 0 saturated heterocycles. The van der Waals surface area contributed by atoms with Crippen molar-refractivity contribution in [2.75, 3.05) is 12.4 Å². The molecule has 0 aliphatic carbocycles. The average molecular weight is 373 g/mol. The molecule has 4 N–H and O–H groups in total. The van der Waals surface area contributed by atoms with Gasteiger partial charge in [0.15, 0.2) is 5.82 Å². The summed E-state index contributed by atoms with van der Waals surface area (Å²) in [6.45, 7) is -0.250. The number of aromatic amines is 1. The first-order chi connectivity index (χ1) is 12.6. The second kappa shape index (κ2) is 7.31. The molecule has 1 aliphatic heterocycles. The lowest BCUT2D eigenvalue weighted by atomic mass is 9.92. The molecule has 3 aromatic rings. The number of H-pyrrole nitrogens is 1. The number of aromatic nitrogens is 3. The number of benzene rings is 1. The topological polar surface area (TPSA) is 137 Å². The van der Waals surface area contributed by atoms with Crippen LogP contribution in [0.4, 0.5) is 5.82 Å². The van der Waals surface area contributed by atoms with Gasteiger partial charge in [0.1, 0.15) is 10.7 Å². The van der Waals surface area contributed by atoms with Crippen molar-refractivity contribution in [2.45, 2.75) is 12.3 Å². The summed E-state index contributed by atoms with van der Waals surface area (Å²) in [4.78, 5) is 37.1. The maximum atomic E-state index is 12.1. The molecular weight excluding hydrogens is 358 g/mol. The van der Waals surface area contributed by atoms with Crippen molar-refractivity contribution in [1.82, 2.24) is 20.5 Å². The van der Waals surface area contributed by atoms with Gasteiger partial charge in [-0.3, -0.25) is 19.5 Å². The Balaban J connectivity index is 0.000000613. The highest BCUT2D eigenvalue weighted by Gasteiger charge is 2.35. The van der Waals surface area contributed by atoms with E-state index in [1.807, 2.05) is 24.3 Å². The quantitative estimate of drug-likeness (QED) is 0.503. The SMILES string of the molecule is CNC(=O)c1[nH]nc2c1C(c1nc3ccccc3s1)CC(=O)N2.O=CO. The standard InChI is InChI=1S/C15H13N5O2S.CH2O2/c1-16-14(22)12-11-7(6-10(21)18-13(11)20-19-12)15-17-8-4-2-3-5-9(8)23-15;2-1-3/h2-5,7H,6H2,1H3,(H,16,22)(H2,18,19,20,21);1H,(H,2,3). The first-order valence-corrected chi connectivity index (χ1v) is 8.44. The lowest BCUT2D eigenvalue weighted by molar-refractivity contribution is -0.123. The van der Waals surface area contributed by atoms with E-state index in [0.29, 0.717) is 17.1 Å². The Morgan fingerprint density at radius 2 is 2.15 bits per heavy atom. The van der Waals surface area contributed by atoms with Crippen molar-refractivity contribution in [1.29, 1.82) is 0 Å². The van der Waals surface area contributed by atoms with E-state index in [9.17, 15) is 9.59 Å². The van der Waals surface area contributed by atoms with Crippen molar-refractivity contribution in [2.24, 2.45) is 0 Å². The lowest BCUT2D eigenvalue weighted by Gasteiger charge is -2.20. The van der Waals surface area contributed by atoms with Gasteiger partial charge in [-0.15, -0.1) is 11.3 Å². The van der Waals surface area contributed by atoms with E-state index in [-0.39, 0.29) is 30.6 Å². The molecule has 2 aromatic heterocycles. The number of fused-ring (bicyclic) bond motifs is 2. The predicted octanol–water partition coefficient (Wildman–Crippen LogP) is 1.55. The third kappa shape index (κ3) is 3.14. The summed E-state index contributed by atoms with van der Waals surface area (Å²) >= 11 is 1.54. The normalized spacial score (nSPS) is 15.4. The molecule has 3 heterocycles. The molecule has 10 heteroatoms. The first-order valence-electron chi connectivity index (χ1n) is 7.62. The zero-order valence-corrected chi connectivity index (χ0v) is 14.5. The van der Waals surface area contributed by atoms with Crippen molar-refractivity contribution >= 4 is 45.7 Å². The Morgan fingerprint density at radius 1 is 1.42 bits per heavy atom. The van der Waals surface area contributed by atoms with E-state index in [1.54, 1.807) is 7.05 Å². The molecule has 0 saturated carbocycles. The van der Waals surface area contributed by atoms with E-state index >= 15 is 0 Å². The number of para-hydroxylation sites is 1. The number of carboxylic acid groups (broad SMARTS) is 1. The van der Waals surface area contributed by atoms with E-state index in [1.165, 1.54) is 11.3 Å². The second-order valence-electron chi connectivity index (χ2n) is 5.37. The van der Waals surface area contributed by atoms with Crippen LogP contribution in [0.15, 0.2) is 24.3 Å². The molecule has 1 atom stereocenters. The third-order valence-electron chi connectivity index (χ3n) is 3.86. The minimum atomic E-state index is -0.276. The second-order valence-corrected chi connectivity index (χ2v) is 6.43. The van der Waals surface area contributed by atoms with Crippen LogP contribution in [0, 0.1) is 0 Å². The highest BCUT2D eigenvalue weighted by atomic mass is 32.1. The van der Waals surface area contributed by atoms with Crippen LogP contribution in [-0.2, 0) is 9.59 Å². The monoisotopic (exact) mass is 373 g/mol. The van der Waals surface area contributed by atoms with Crippen LogP contribution in [-0.4, -0.2) is 45.6 Å². The van der Waals surface area contributed by atoms with Crippen LogP contribution in [0.3, 0.4) is 0 Å². The molecule has 0 spiro atoms. The summed E-state index contributed by atoms with van der Waals surface area (Å²) < 4.78 is 1.06. The lowest BCUT2D eigenvalue weighted by Crippen LogP contribution is -2.26. The number of carbonyl (C=O) groups excluding carboxylic acids is 2. The minimum absolute atomic E-state index is 0.128. The smallest absolute Gasteiger partial charge is 0.290 e. The van der Waals surface area contributed by atoms with Gasteiger partial charge in [0.25, 0.3) is 12.4 Å². The molecule has 134 valence electrons. The number of nitrogens with zero attached hydrogens (tertiary/aromatic N) is 2. The van der Waals surface area contributed by atoms with E-state index in [4.69, 9.17) is 9.90 Å². The molecule has 4 rings (SSSR count). The number of carbonyl (C=O) groups is 3. The van der Waals surface area contributed by atoms with E-state index in [2.05, 4.69) is 25.8 Å². The van der Waals surface area contributed by atoms with Gasteiger partial charge >= 0.3 is 0 Å². The fourth-order valence-electron chi connectivity index (χ4n) is 2.80. The molecular formula is C16H15N5O4S. The largest absolute Gasteiger partial charge is 0.483 e. The molecule has 2 amide bonds.